The van der Waals surface area contributed by atoms with Crippen molar-refractivity contribution in [2.24, 2.45) is 9.98 Å². The maximum absolute atomic E-state index is 8.70. The van der Waals surface area contributed by atoms with Gasteiger partial charge in [-0.05, 0) is 51.4 Å². The Bertz CT molecular complexity index is 1990. The molecular formula is C43H37N3. The monoisotopic (exact) mass is 595 g/mol. The first-order chi connectivity index (χ1) is 22.7. The summed E-state index contributed by atoms with van der Waals surface area (Å²) in [6.07, 6.45) is 7.80. The molecule has 224 valence electrons. The zero-order valence-corrected chi connectivity index (χ0v) is 25.9. The van der Waals surface area contributed by atoms with Crippen molar-refractivity contribution in [2.75, 3.05) is 0 Å². The third kappa shape index (κ3) is 6.09. The van der Waals surface area contributed by atoms with Gasteiger partial charge in [-0.15, -0.1) is 0 Å². The van der Waals surface area contributed by atoms with E-state index in [1.165, 1.54) is 52.3 Å². The number of rotatable bonds is 6. The normalized spacial score (nSPS) is 14.8. The minimum absolute atomic E-state index is 0.0323. The van der Waals surface area contributed by atoms with Gasteiger partial charge in [0.05, 0.1) is 0 Å². The van der Waals surface area contributed by atoms with Crippen molar-refractivity contribution >= 4 is 28.7 Å². The number of fused-ring (bicyclic) bond motifs is 1. The number of nitrogens with one attached hydrogen (secondary N) is 1. The molecule has 0 unspecified atom stereocenters. The first kappa shape index (κ1) is 29.3. The van der Waals surface area contributed by atoms with Crippen LogP contribution in [0.5, 0.6) is 0 Å². The van der Waals surface area contributed by atoms with E-state index in [2.05, 4.69) is 91.0 Å². The zero-order valence-electron chi connectivity index (χ0n) is 25.9. The highest BCUT2D eigenvalue weighted by Gasteiger charge is 2.35. The van der Waals surface area contributed by atoms with Gasteiger partial charge in [-0.2, -0.15) is 0 Å². The Kier molecular flexibility index (Phi) is 8.47. The van der Waals surface area contributed by atoms with Crippen LogP contribution in [0.15, 0.2) is 162 Å². The molecule has 1 N–H and O–H groups in total. The maximum Gasteiger partial charge on any atom is 0.161 e. The van der Waals surface area contributed by atoms with Crippen LogP contribution >= 0.6 is 0 Å². The van der Waals surface area contributed by atoms with Gasteiger partial charge in [0.25, 0.3) is 0 Å². The van der Waals surface area contributed by atoms with Crippen LogP contribution in [-0.4, -0.2) is 17.9 Å². The Morgan fingerprint density at radius 2 is 1.17 bits per heavy atom. The number of amidine groups is 2. The molecule has 0 atom stereocenters. The fraction of sp³-hybridized carbons (Fsp3) is 0.140. The summed E-state index contributed by atoms with van der Waals surface area (Å²) >= 11 is 0. The predicted octanol–water partition coefficient (Wildman–Crippen LogP) is 10.6. The van der Waals surface area contributed by atoms with Gasteiger partial charge in [-0.3, -0.25) is 5.41 Å². The standard InChI is InChI=1S/C43H37N3/c44-41(35-16-6-2-7-17-35)46-42(45-31-32-13-4-1-5-14-32)36-23-27-38(28-24-36)43(29-10-3-11-30-43)37-25-21-34(22-26-37)40-20-12-18-33-15-8-9-19-39(33)40/h1-2,4-9,12-28,31,44H,3,10-11,29-30H2. The van der Waals surface area contributed by atoms with E-state index in [0.29, 0.717) is 5.84 Å². The Hall–Kier alpha value is -5.41. The zero-order chi connectivity index (χ0) is 31.2. The average molecular weight is 596 g/mol. The summed E-state index contributed by atoms with van der Waals surface area (Å²) in [4.78, 5) is 9.50. The molecule has 3 nitrogen and oxygen atoms in total. The third-order valence-corrected chi connectivity index (χ3v) is 9.34. The summed E-state index contributed by atoms with van der Waals surface area (Å²) in [5.41, 5.74) is 7.86. The summed E-state index contributed by atoms with van der Waals surface area (Å²) in [7, 11) is 0. The van der Waals surface area contributed by atoms with Crippen LogP contribution in [0.3, 0.4) is 0 Å². The van der Waals surface area contributed by atoms with Gasteiger partial charge in [-0.1, -0.05) is 171 Å². The molecule has 3 heteroatoms. The third-order valence-electron chi connectivity index (χ3n) is 9.34. The first-order valence-corrected chi connectivity index (χ1v) is 16.2. The quantitative estimate of drug-likeness (QED) is 0.147. The van der Waals surface area contributed by atoms with Crippen molar-refractivity contribution in [1.29, 1.82) is 5.41 Å². The van der Waals surface area contributed by atoms with Crippen molar-refractivity contribution in [1.82, 2.24) is 0 Å². The predicted molar refractivity (Wildman–Crippen MR) is 194 cm³/mol. The molecule has 1 fully saturated rings. The Balaban J connectivity index is 1.23. The molecule has 1 saturated carbocycles. The van der Waals surface area contributed by atoms with Crippen LogP contribution < -0.4 is 0 Å². The van der Waals surface area contributed by atoms with Gasteiger partial charge < -0.3 is 0 Å². The van der Waals surface area contributed by atoms with Crippen molar-refractivity contribution < 1.29 is 0 Å². The summed E-state index contributed by atoms with van der Waals surface area (Å²) < 4.78 is 0. The van der Waals surface area contributed by atoms with Crippen LogP contribution in [0.1, 0.15) is 59.9 Å². The van der Waals surface area contributed by atoms with Crippen molar-refractivity contribution in [3.05, 3.63) is 179 Å². The lowest BCUT2D eigenvalue weighted by Gasteiger charge is -2.39. The van der Waals surface area contributed by atoms with Crippen LogP contribution in [0.4, 0.5) is 0 Å². The minimum Gasteiger partial charge on any atom is -0.282 e. The smallest absolute Gasteiger partial charge is 0.161 e. The number of hydrogen-bond acceptors (Lipinski definition) is 1. The number of aliphatic imine (C=N–C) groups is 2. The second-order valence-corrected chi connectivity index (χ2v) is 12.1. The Morgan fingerprint density at radius 3 is 1.89 bits per heavy atom. The molecule has 0 heterocycles. The highest BCUT2D eigenvalue weighted by molar-refractivity contribution is 6.13. The van der Waals surface area contributed by atoms with Crippen LogP contribution in [0.2, 0.25) is 0 Å². The second-order valence-electron chi connectivity index (χ2n) is 12.1. The molecule has 0 bridgehead atoms. The van der Waals surface area contributed by atoms with E-state index in [9.17, 15) is 0 Å². The Morgan fingerprint density at radius 1 is 0.565 bits per heavy atom. The van der Waals surface area contributed by atoms with Crippen LogP contribution in [0, 0.1) is 5.41 Å². The first-order valence-electron chi connectivity index (χ1n) is 16.2. The molecule has 7 rings (SSSR count). The minimum atomic E-state index is -0.0323. The van der Waals surface area contributed by atoms with E-state index in [1.807, 2.05) is 66.9 Å². The average Bonchev–Trinajstić information content (AvgIpc) is 3.14. The van der Waals surface area contributed by atoms with Crippen LogP contribution in [-0.2, 0) is 5.41 Å². The fourth-order valence-electron chi connectivity index (χ4n) is 6.89. The summed E-state index contributed by atoms with van der Waals surface area (Å²) in [6.45, 7) is 0. The van der Waals surface area contributed by atoms with E-state index < -0.39 is 0 Å². The highest BCUT2D eigenvalue weighted by atomic mass is 14.9. The molecule has 0 aliphatic heterocycles. The van der Waals surface area contributed by atoms with Gasteiger partial charge in [0.1, 0.15) is 0 Å². The molecule has 1 aliphatic carbocycles. The number of nitrogens with zero attached hydrogens (tertiary/aromatic N) is 2. The SMILES string of the molecule is N=C(N=C(N=Cc1ccccc1)c1ccc(C2(c3ccc(-c4cccc5ccccc45)cc3)CCCCC2)cc1)c1ccccc1. The molecule has 0 amide bonds. The molecule has 0 aromatic heterocycles. The molecule has 6 aromatic carbocycles. The highest BCUT2D eigenvalue weighted by Crippen LogP contribution is 2.45. The lowest BCUT2D eigenvalue weighted by atomic mass is 9.65. The van der Waals surface area contributed by atoms with E-state index in [4.69, 9.17) is 15.4 Å². The molecule has 6 aromatic rings. The van der Waals surface area contributed by atoms with Gasteiger partial charge in [0, 0.05) is 22.8 Å². The van der Waals surface area contributed by atoms with Crippen LogP contribution in [0.25, 0.3) is 21.9 Å². The summed E-state index contributed by atoms with van der Waals surface area (Å²) in [5.74, 6) is 0.723. The van der Waals surface area contributed by atoms with Crippen molar-refractivity contribution in [3.63, 3.8) is 0 Å². The van der Waals surface area contributed by atoms with E-state index >= 15 is 0 Å². The second kappa shape index (κ2) is 13.3. The molecule has 0 spiro atoms. The van der Waals surface area contributed by atoms with Gasteiger partial charge in [-0.25, -0.2) is 9.98 Å². The van der Waals surface area contributed by atoms with E-state index in [0.717, 1.165) is 29.5 Å². The van der Waals surface area contributed by atoms with Gasteiger partial charge >= 0.3 is 0 Å². The lowest BCUT2D eigenvalue weighted by molar-refractivity contribution is 0.346. The molecule has 0 radical (unpaired) electrons. The fourth-order valence-corrected chi connectivity index (χ4v) is 6.89. The van der Waals surface area contributed by atoms with E-state index in [-0.39, 0.29) is 11.3 Å². The maximum atomic E-state index is 8.70. The molecule has 46 heavy (non-hydrogen) atoms. The van der Waals surface area contributed by atoms with Gasteiger partial charge in [0.2, 0.25) is 0 Å². The van der Waals surface area contributed by atoms with Crippen molar-refractivity contribution in [3.8, 4) is 11.1 Å². The Labute approximate surface area is 271 Å². The summed E-state index contributed by atoms with van der Waals surface area (Å²) in [5, 5.41) is 11.3. The number of benzene rings is 6. The van der Waals surface area contributed by atoms with E-state index in [1.54, 1.807) is 0 Å². The number of hydrogen-bond donors (Lipinski definition) is 1. The summed E-state index contributed by atoms with van der Waals surface area (Å²) in [6, 6.07) is 52.9. The van der Waals surface area contributed by atoms with Crippen molar-refractivity contribution in [2.45, 2.75) is 37.5 Å². The molecular weight excluding hydrogens is 558 g/mol. The molecule has 1 aliphatic rings. The van der Waals surface area contributed by atoms with Gasteiger partial charge in [0.15, 0.2) is 11.7 Å². The topological polar surface area (TPSA) is 48.6 Å². The lowest BCUT2D eigenvalue weighted by Crippen LogP contribution is -2.30. The molecule has 0 saturated heterocycles. The largest absolute Gasteiger partial charge is 0.282 e.